The molecular weight excluding hydrogens is 274 g/mol. The molecule has 0 bridgehead atoms. The lowest BCUT2D eigenvalue weighted by atomic mass is 9.96. The van der Waals surface area contributed by atoms with Crippen molar-refractivity contribution in [2.75, 3.05) is 7.11 Å². The second-order valence-electron chi connectivity index (χ2n) is 4.96. The number of nitrogens with zero attached hydrogens (tertiary/aromatic N) is 1. The van der Waals surface area contributed by atoms with Crippen molar-refractivity contribution in [3.8, 4) is 5.75 Å². The van der Waals surface area contributed by atoms with E-state index in [0.29, 0.717) is 0 Å². The first kappa shape index (κ1) is 15.1. The predicted molar refractivity (Wildman–Crippen MR) is 79.7 cm³/mol. The van der Waals surface area contributed by atoms with E-state index in [1.54, 1.807) is 13.3 Å². The van der Waals surface area contributed by atoms with Crippen molar-refractivity contribution < 1.29 is 13.5 Å². The zero-order chi connectivity index (χ0) is 14.4. The first-order valence-corrected chi connectivity index (χ1v) is 7.94. The molecule has 0 N–H and O–H groups in total. The Labute approximate surface area is 122 Å². The van der Waals surface area contributed by atoms with Crippen molar-refractivity contribution in [3.63, 3.8) is 0 Å². The second kappa shape index (κ2) is 7.45. The largest absolute Gasteiger partial charge is 0.755 e. The lowest BCUT2D eigenvalue weighted by molar-refractivity contribution is 0.299. The maximum atomic E-state index is 11.4. The van der Waals surface area contributed by atoms with Gasteiger partial charge < -0.3 is 13.6 Å². The Bertz CT molecular complexity index is 467. The van der Waals surface area contributed by atoms with Gasteiger partial charge in [-0.1, -0.05) is 31.4 Å². The Morgan fingerprint density at radius 3 is 2.45 bits per heavy atom. The van der Waals surface area contributed by atoms with E-state index >= 15 is 0 Å². The third-order valence-corrected chi connectivity index (χ3v) is 4.40. The van der Waals surface area contributed by atoms with Crippen molar-refractivity contribution in [1.29, 1.82) is 0 Å². The molecule has 0 spiro atoms. The van der Waals surface area contributed by atoms with Crippen LogP contribution in [0.15, 0.2) is 30.5 Å². The van der Waals surface area contributed by atoms with Gasteiger partial charge in [-0.15, -0.1) is 0 Å². The number of benzene rings is 1. The summed E-state index contributed by atoms with van der Waals surface area (Å²) in [7, 11) is 1.62. The summed E-state index contributed by atoms with van der Waals surface area (Å²) in [6.45, 7) is 0. The standard InChI is InChI=1S/C15H21NO3S/c1-19-15-9-7-13(8-10-15)11-12-16(20(17)18)14-5-3-2-4-6-14/h7-12,14H,2-6H2,1H3,(H,17,18)/p-1. The van der Waals surface area contributed by atoms with Crippen LogP contribution in [0.2, 0.25) is 0 Å². The Kier molecular flexibility index (Phi) is 5.61. The first-order valence-electron chi connectivity index (χ1n) is 6.90. The lowest BCUT2D eigenvalue weighted by Gasteiger charge is -2.34. The number of hydrogen-bond donors (Lipinski definition) is 0. The Hall–Kier alpha value is -1.33. The summed E-state index contributed by atoms with van der Waals surface area (Å²) >= 11 is -2.21. The average Bonchev–Trinajstić information content (AvgIpc) is 2.49. The maximum Gasteiger partial charge on any atom is 0.118 e. The molecular formula is C15H20NO3S-. The monoisotopic (exact) mass is 294 g/mol. The Morgan fingerprint density at radius 2 is 1.90 bits per heavy atom. The summed E-state index contributed by atoms with van der Waals surface area (Å²) in [6, 6.07) is 7.64. The minimum atomic E-state index is -2.21. The van der Waals surface area contributed by atoms with Gasteiger partial charge in [-0.05, 0) is 36.6 Å². The normalized spacial score (nSPS) is 18.1. The van der Waals surface area contributed by atoms with Crippen LogP contribution < -0.4 is 4.74 Å². The third kappa shape index (κ3) is 4.08. The molecule has 1 aromatic carbocycles. The molecule has 1 atom stereocenters. The zero-order valence-corrected chi connectivity index (χ0v) is 12.5. The molecule has 0 aliphatic heterocycles. The molecule has 0 amide bonds. The maximum absolute atomic E-state index is 11.4. The fraction of sp³-hybridized carbons (Fsp3) is 0.467. The fourth-order valence-electron chi connectivity index (χ4n) is 2.50. The molecule has 5 heteroatoms. The SMILES string of the molecule is COc1ccc(C=CN(C2CCCCC2)S(=O)[O-])cc1. The third-order valence-electron chi connectivity index (χ3n) is 3.64. The Morgan fingerprint density at radius 1 is 1.25 bits per heavy atom. The van der Waals surface area contributed by atoms with Crippen molar-refractivity contribution in [3.05, 3.63) is 36.0 Å². The molecule has 1 fully saturated rings. The van der Waals surface area contributed by atoms with Crippen LogP contribution in [-0.4, -0.2) is 26.2 Å². The molecule has 2 rings (SSSR count). The summed E-state index contributed by atoms with van der Waals surface area (Å²) in [5, 5.41) is 0. The molecule has 1 unspecified atom stereocenters. The molecule has 1 aliphatic rings. The van der Waals surface area contributed by atoms with Gasteiger partial charge in [0.05, 0.1) is 7.11 Å². The highest BCUT2D eigenvalue weighted by Crippen LogP contribution is 2.24. The van der Waals surface area contributed by atoms with E-state index in [1.165, 1.54) is 10.7 Å². The van der Waals surface area contributed by atoms with E-state index in [0.717, 1.165) is 37.0 Å². The van der Waals surface area contributed by atoms with Gasteiger partial charge in [0.1, 0.15) is 5.75 Å². The molecule has 0 radical (unpaired) electrons. The molecule has 1 saturated carbocycles. The number of hydrogen-bond acceptors (Lipinski definition) is 3. The van der Waals surface area contributed by atoms with Gasteiger partial charge >= 0.3 is 0 Å². The summed E-state index contributed by atoms with van der Waals surface area (Å²) in [5.74, 6) is 0.790. The quantitative estimate of drug-likeness (QED) is 0.784. The van der Waals surface area contributed by atoms with Crippen LogP contribution >= 0.6 is 0 Å². The first-order chi connectivity index (χ1) is 9.70. The van der Waals surface area contributed by atoms with E-state index < -0.39 is 11.3 Å². The van der Waals surface area contributed by atoms with Crippen molar-refractivity contribution in [1.82, 2.24) is 4.31 Å². The molecule has 4 nitrogen and oxygen atoms in total. The van der Waals surface area contributed by atoms with E-state index in [2.05, 4.69) is 0 Å². The second-order valence-corrected chi connectivity index (χ2v) is 5.81. The van der Waals surface area contributed by atoms with Crippen LogP contribution in [0.5, 0.6) is 5.75 Å². The predicted octanol–water partition coefficient (Wildman–Crippen LogP) is 3.09. The van der Waals surface area contributed by atoms with Gasteiger partial charge in [0.15, 0.2) is 0 Å². The van der Waals surface area contributed by atoms with Gasteiger partial charge in [-0.25, -0.2) is 0 Å². The zero-order valence-electron chi connectivity index (χ0n) is 11.7. The highest BCUT2D eigenvalue weighted by atomic mass is 32.2. The van der Waals surface area contributed by atoms with E-state index in [1.807, 2.05) is 30.3 Å². The van der Waals surface area contributed by atoms with Crippen LogP contribution in [0, 0.1) is 0 Å². The van der Waals surface area contributed by atoms with E-state index in [-0.39, 0.29) is 6.04 Å². The highest BCUT2D eigenvalue weighted by Gasteiger charge is 2.19. The summed E-state index contributed by atoms with van der Waals surface area (Å²) < 4.78 is 29.3. The number of ether oxygens (including phenoxy) is 1. The smallest absolute Gasteiger partial charge is 0.118 e. The lowest BCUT2D eigenvalue weighted by Crippen LogP contribution is -2.33. The van der Waals surface area contributed by atoms with Crippen LogP contribution in [-0.2, 0) is 11.3 Å². The molecule has 1 aromatic rings. The Balaban J connectivity index is 2.06. The van der Waals surface area contributed by atoms with Crippen molar-refractivity contribution >= 4 is 17.3 Å². The van der Waals surface area contributed by atoms with Crippen LogP contribution in [0.25, 0.3) is 6.08 Å². The summed E-state index contributed by atoms with van der Waals surface area (Å²) in [5.41, 5.74) is 0.956. The minimum Gasteiger partial charge on any atom is -0.755 e. The molecule has 0 aromatic heterocycles. The van der Waals surface area contributed by atoms with Gasteiger partial charge in [0.2, 0.25) is 0 Å². The minimum absolute atomic E-state index is 0.108. The van der Waals surface area contributed by atoms with Crippen LogP contribution in [0.1, 0.15) is 37.7 Å². The number of rotatable bonds is 5. The molecule has 0 heterocycles. The topological polar surface area (TPSA) is 52.6 Å². The molecule has 0 saturated heterocycles. The van der Waals surface area contributed by atoms with Gasteiger partial charge in [0.25, 0.3) is 0 Å². The van der Waals surface area contributed by atoms with E-state index in [4.69, 9.17) is 4.74 Å². The van der Waals surface area contributed by atoms with Crippen molar-refractivity contribution in [2.24, 2.45) is 0 Å². The molecule has 1 aliphatic carbocycles. The summed E-state index contributed by atoms with van der Waals surface area (Å²) in [6.07, 6.45) is 8.80. The van der Waals surface area contributed by atoms with Gasteiger partial charge in [-0.3, -0.25) is 4.21 Å². The molecule has 20 heavy (non-hydrogen) atoms. The van der Waals surface area contributed by atoms with Gasteiger partial charge in [-0.2, -0.15) is 0 Å². The molecule has 110 valence electrons. The van der Waals surface area contributed by atoms with Crippen LogP contribution in [0.3, 0.4) is 0 Å². The van der Waals surface area contributed by atoms with E-state index in [9.17, 15) is 8.76 Å². The van der Waals surface area contributed by atoms with Crippen LogP contribution in [0.4, 0.5) is 0 Å². The fourth-order valence-corrected chi connectivity index (χ4v) is 3.12. The summed E-state index contributed by atoms with van der Waals surface area (Å²) in [4.78, 5) is 0. The average molecular weight is 294 g/mol. The van der Waals surface area contributed by atoms with Crippen molar-refractivity contribution in [2.45, 2.75) is 38.1 Å². The van der Waals surface area contributed by atoms with Gasteiger partial charge in [0, 0.05) is 23.5 Å². The number of methoxy groups -OCH3 is 1. The highest BCUT2D eigenvalue weighted by molar-refractivity contribution is 7.76.